The van der Waals surface area contributed by atoms with Gasteiger partial charge in [0.15, 0.2) is 0 Å². The van der Waals surface area contributed by atoms with Gasteiger partial charge in [-0.05, 0) is 11.3 Å². The molecule has 22 heavy (non-hydrogen) atoms. The third kappa shape index (κ3) is 2.73. The van der Waals surface area contributed by atoms with E-state index in [9.17, 15) is 24.4 Å². The molecule has 2 heterocycles. The third-order valence-electron chi connectivity index (χ3n) is 3.06. The standard InChI is InChI=1S/C11H10BrN3O6S/c12-3-5(16)6(14-21)8(17)13-7-9(18)15-4(11(19)20)1-2-22-10(7)15/h1,7,10,16H,2-3H2,(H,13,17)(H,19,20)/t7?,10-/m0/s1. The van der Waals surface area contributed by atoms with E-state index in [2.05, 4.69) is 26.4 Å². The first-order valence-corrected chi connectivity index (χ1v) is 8.09. The number of carboxylic acids is 1. The molecule has 0 aromatic carbocycles. The summed E-state index contributed by atoms with van der Waals surface area (Å²) in [5, 5.41) is 22.4. The zero-order valence-corrected chi connectivity index (χ0v) is 13.3. The number of aliphatic hydroxyl groups is 1. The minimum absolute atomic E-state index is 0.133. The fourth-order valence-electron chi connectivity index (χ4n) is 2.04. The molecule has 0 aromatic rings. The Balaban J connectivity index is 2.13. The Bertz CT molecular complexity index is 619. The molecule has 9 nitrogen and oxygen atoms in total. The molecule has 11 heteroatoms. The molecule has 0 aliphatic carbocycles. The van der Waals surface area contributed by atoms with Gasteiger partial charge in [-0.3, -0.25) is 14.5 Å². The van der Waals surface area contributed by atoms with Crippen LogP contribution in [0.25, 0.3) is 0 Å². The zero-order valence-electron chi connectivity index (χ0n) is 10.9. The average molecular weight is 392 g/mol. The van der Waals surface area contributed by atoms with Gasteiger partial charge in [-0.15, -0.1) is 16.7 Å². The molecule has 0 saturated carbocycles. The van der Waals surface area contributed by atoms with Crippen LogP contribution in [0.15, 0.2) is 28.4 Å². The Morgan fingerprint density at radius 2 is 2.18 bits per heavy atom. The van der Waals surface area contributed by atoms with Gasteiger partial charge in [0.25, 0.3) is 11.8 Å². The van der Waals surface area contributed by atoms with Gasteiger partial charge in [0, 0.05) is 5.75 Å². The van der Waals surface area contributed by atoms with E-state index in [1.807, 2.05) is 0 Å². The van der Waals surface area contributed by atoms with Gasteiger partial charge in [0.2, 0.25) is 5.70 Å². The zero-order chi connectivity index (χ0) is 16.4. The Morgan fingerprint density at radius 3 is 2.73 bits per heavy atom. The second kappa shape index (κ2) is 6.48. The number of nitrogens with one attached hydrogen (secondary N) is 1. The molecule has 2 atom stereocenters. The molecule has 0 aromatic heterocycles. The minimum Gasteiger partial charge on any atom is -0.509 e. The lowest BCUT2D eigenvalue weighted by Gasteiger charge is -2.48. The second-order valence-electron chi connectivity index (χ2n) is 4.30. The molecule has 0 bridgehead atoms. The van der Waals surface area contributed by atoms with E-state index in [-0.39, 0.29) is 11.0 Å². The number of β-lactam (4-membered cyclic amide) rings is 1. The summed E-state index contributed by atoms with van der Waals surface area (Å²) in [4.78, 5) is 46.6. The number of hydrogen-bond donors (Lipinski definition) is 3. The smallest absolute Gasteiger partial charge is 0.352 e. The van der Waals surface area contributed by atoms with Crippen LogP contribution in [0.2, 0.25) is 0 Å². The predicted octanol–water partition coefficient (Wildman–Crippen LogP) is 0.286. The van der Waals surface area contributed by atoms with E-state index in [0.29, 0.717) is 5.75 Å². The van der Waals surface area contributed by atoms with Crippen molar-refractivity contribution in [3.05, 3.63) is 28.1 Å². The lowest BCUT2D eigenvalue weighted by molar-refractivity contribution is -0.150. The first-order chi connectivity index (χ1) is 10.4. The van der Waals surface area contributed by atoms with Crippen molar-refractivity contribution in [2.24, 2.45) is 5.18 Å². The van der Waals surface area contributed by atoms with E-state index < -0.39 is 40.7 Å². The summed E-state index contributed by atoms with van der Waals surface area (Å²) >= 11 is 4.15. The highest BCUT2D eigenvalue weighted by atomic mass is 79.9. The van der Waals surface area contributed by atoms with Crippen molar-refractivity contribution in [1.82, 2.24) is 10.2 Å². The maximum atomic E-state index is 12.0. The highest BCUT2D eigenvalue weighted by Crippen LogP contribution is 2.37. The van der Waals surface area contributed by atoms with E-state index >= 15 is 0 Å². The van der Waals surface area contributed by atoms with Gasteiger partial charge >= 0.3 is 5.97 Å². The SMILES string of the molecule is O=NC(C(=O)NC1C(=O)N2C(C(=O)O)=CCS[C@@H]12)=C(O)CBr. The van der Waals surface area contributed by atoms with Crippen molar-refractivity contribution < 1.29 is 24.6 Å². The fourth-order valence-corrected chi connectivity index (χ4v) is 3.50. The Hall–Kier alpha value is -1.88. The van der Waals surface area contributed by atoms with Crippen LogP contribution >= 0.6 is 27.7 Å². The van der Waals surface area contributed by atoms with Gasteiger partial charge < -0.3 is 15.5 Å². The number of rotatable bonds is 5. The minimum atomic E-state index is -1.23. The predicted molar refractivity (Wildman–Crippen MR) is 80.0 cm³/mol. The Labute approximate surface area is 136 Å². The van der Waals surface area contributed by atoms with Crippen LogP contribution in [0.1, 0.15) is 0 Å². The molecule has 118 valence electrons. The molecule has 3 N–H and O–H groups in total. The summed E-state index contributed by atoms with van der Waals surface area (Å²) in [7, 11) is 0. The topological polar surface area (TPSA) is 136 Å². The van der Waals surface area contributed by atoms with Crippen LogP contribution in [0.3, 0.4) is 0 Å². The molecule has 1 unspecified atom stereocenters. The maximum absolute atomic E-state index is 12.0. The molecule has 0 spiro atoms. The van der Waals surface area contributed by atoms with E-state index in [0.717, 1.165) is 4.90 Å². The summed E-state index contributed by atoms with van der Waals surface area (Å²) in [5.41, 5.74) is -0.857. The largest absolute Gasteiger partial charge is 0.509 e. The monoisotopic (exact) mass is 391 g/mol. The molecular formula is C11H10BrN3O6S. The number of fused-ring (bicyclic) bond motifs is 1. The van der Waals surface area contributed by atoms with Gasteiger partial charge in [-0.1, -0.05) is 15.9 Å². The number of allylic oxidation sites excluding steroid dienone is 1. The number of hydrogen-bond acceptors (Lipinski definition) is 7. The number of aliphatic hydroxyl groups excluding tert-OH is 1. The summed E-state index contributed by atoms with van der Waals surface area (Å²) in [6.07, 6.45) is 1.41. The number of nitrogens with zero attached hydrogens (tertiary/aromatic N) is 2. The van der Waals surface area contributed by atoms with Gasteiger partial charge in [-0.2, -0.15) is 0 Å². The Morgan fingerprint density at radius 1 is 1.50 bits per heavy atom. The van der Waals surface area contributed by atoms with Crippen LogP contribution in [0.4, 0.5) is 0 Å². The lowest BCUT2D eigenvalue weighted by atomic mass is 10.0. The van der Waals surface area contributed by atoms with Crippen LogP contribution in [0.5, 0.6) is 0 Å². The van der Waals surface area contributed by atoms with E-state index in [1.165, 1.54) is 17.8 Å². The first kappa shape index (κ1) is 16.5. The summed E-state index contributed by atoms with van der Waals surface area (Å²) < 4.78 is 0. The first-order valence-electron chi connectivity index (χ1n) is 5.92. The van der Waals surface area contributed by atoms with E-state index in [4.69, 9.17) is 5.11 Å². The number of thioether (sulfide) groups is 1. The molecule has 2 amide bonds. The highest BCUT2D eigenvalue weighted by Gasteiger charge is 2.53. The number of aliphatic carboxylic acids is 1. The van der Waals surface area contributed by atoms with Crippen molar-refractivity contribution >= 4 is 45.5 Å². The summed E-state index contributed by atoms with van der Waals surface area (Å²) in [6, 6.07) is -0.972. The number of carbonyl (C=O) groups excluding carboxylic acids is 2. The number of alkyl halides is 1. The molecule has 0 radical (unpaired) electrons. The van der Waals surface area contributed by atoms with Crippen molar-refractivity contribution in [3.8, 4) is 0 Å². The lowest BCUT2D eigenvalue weighted by Crippen LogP contribution is -2.70. The summed E-state index contributed by atoms with van der Waals surface area (Å²) in [5.74, 6) is -2.99. The molecule has 1 fully saturated rings. The quantitative estimate of drug-likeness (QED) is 0.201. The summed E-state index contributed by atoms with van der Waals surface area (Å²) in [6.45, 7) is 0. The van der Waals surface area contributed by atoms with E-state index in [1.54, 1.807) is 0 Å². The molecule has 2 aliphatic heterocycles. The average Bonchev–Trinajstić information content (AvgIpc) is 2.51. The van der Waals surface area contributed by atoms with Crippen LogP contribution in [0, 0.1) is 4.91 Å². The fraction of sp³-hybridized carbons (Fsp3) is 0.364. The Kier molecular flexibility index (Phi) is 4.86. The van der Waals surface area contributed by atoms with Crippen LogP contribution in [-0.4, -0.2) is 55.4 Å². The number of amides is 2. The molecule has 1 saturated heterocycles. The molecular weight excluding hydrogens is 382 g/mol. The van der Waals surface area contributed by atoms with Crippen molar-refractivity contribution in [2.75, 3.05) is 11.1 Å². The van der Waals surface area contributed by atoms with Crippen molar-refractivity contribution in [2.45, 2.75) is 11.4 Å². The molecule has 2 rings (SSSR count). The number of carbonyl (C=O) groups is 3. The second-order valence-corrected chi connectivity index (χ2v) is 6.01. The number of nitroso groups, excluding NO2 is 1. The van der Waals surface area contributed by atoms with Gasteiger partial charge in [0.05, 0.1) is 5.33 Å². The highest BCUT2D eigenvalue weighted by molar-refractivity contribution is 9.09. The third-order valence-corrected chi connectivity index (χ3v) is 4.77. The van der Waals surface area contributed by atoms with Crippen LogP contribution < -0.4 is 5.32 Å². The van der Waals surface area contributed by atoms with Crippen molar-refractivity contribution in [3.63, 3.8) is 0 Å². The number of halogens is 1. The van der Waals surface area contributed by atoms with Crippen molar-refractivity contribution in [1.29, 1.82) is 0 Å². The maximum Gasteiger partial charge on any atom is 0.352 e. The van der Waals surface area contributed by atoms with Gasteiger partial charge in [-0.25, -0.2) is 4.79 Å². The van der Waals surface area contributed by atoms with Crippen LogP contribution in [-0.2, 0) is 14.4 Å². The number of carboxylic acid groups (broad SMARTS) is 1. The van der Waals surface area contributed by atoms with Gasteiger partial charge in [0.1, 0.15) is 22.9 Å². The molecule has 2 aliphatic rings. The normalized spacial score (nSPS) is 24.5.